The lowest BCUT2D eigenvalue weighted by atomic mass is 9.97. The van der Waals surface area contributed by atoms with Gasteiger partial charge in [-0.15, -0.1) is 0 Å². The first-order chi connectivity index (χ1) is 16.0. The number of hydrogen-bond donors (Lipinski definition) is 2. The van der Waals surface area contributed by atoms with E-state index in [2.05, 4.69) is 15.0 Å². The molecule has 2 rings (SSSR count). The predicted octanol–water partition coefficient (Wildman–Crippen LogP) is 1.27. The lowest BCUT2D eigenvalue weighted by molar-refractivity contribution is -0.180. The lowest BCUT2D eigenvalue weighted by Gasteiger charge is -2.30. The van der Waals surface area contributed by atoms with Crippen LogP contribution in [0.4, 0.5) is 5.82 Å². The number of nitrogens with two attached hydrogens (primary N) is 1. The SMILES string of the molecule is CC(C)C(=O)OC[C@@]1(N=[N+]=[N-])O[C@@H](n2ccc(N)nc2=O)[C@@H](C)[C@@H]1OC(=O)C(C)C.CS(=O)(=O)O. The highest BCUT2D eigenvalue weighted by Crippen LogP contribution is 2.44. The van der Waals surface area contributed by atoms with Crippen LogP contribution >= 0.6 is 0 Å². The standard InChI is InChI=1S/C18H26N6O6.CH4O3S/c1-9(2)15(25)28-8-18(22-23-20)13(29-16(26)10(3)4)11(5)14(30-18)24-7-6-12(19)21-17(24)27;1-5(2,3)4/h6-7,9-11,13-14H,8H2,1-5H3,(H2,19,21,27);1H3,(H,2,3,4)/t11-,13-,14+,18+;/m0./s1. The molecule has 1 saturated heterocycles. The number of rotatable bonds is 7. The van der Waals surface area contributed by atoms with Crippen LogP contribution in [0.2, 0.25) is 0 Å². The Balaban J connectivity index is 0.00000111. The van der Waals surface area contributed by atoms with Crippen molar-refractivity contribution in [2.24, 2.45) is 22.9 Å². The Morgan fingerprint density at radius 2 is 1.89 bits per heavy atom. The molecule has 0 aliphatic carbocycles. The molecular weight excluding hydrogens is 488 g/mol. The fraction of sp³-hybridized carbons (Fsp3) is 0.684. The molecule has 35 heavy (non-hydrogen) atoms. The maximum absolute atomic E-state index is 12.3. The van der Waals surface area contributed by atoms with Gasteiger partial charge in [-0.1, -0.05) is 39.7 Å². The largest absolute Gasteiger partial charge is 0.462 e. The van der Waals surface area contributed by atoms with Crippen molar-refractivity contribution >= 4 is 27.9 Å². The summed E-state index contributed by atoms with van der Waals surface area (Å²) in [5, 5.41) is 3.70. The van der Waals surface area contributed by atoms with Gasteiger partial charge in [0.05, 0.1) is 18.1 Å². The molecule has 0 aromatic carbocycles. The van der Waals surface area contributed by atoms with E-state index in [-0.39, 0.29) is 5.82 Å². The minimum Gasteiger partial charge on any atom is -0.462 e. The van der Waals surface area contributed by atoms with Gasteiger partial charge in [0.1, 0.15) is 24.8 Å². The van der Waals surface area contributed by atoms with E-state index in [1.807, 2.05) is 0 Å². The first kappa shape index (κ1) is 29.8. The second-order valence-electron chi connectivity index (χ2n) is 8.45. The molecule has 0 radical (unpaired) electrons. The summed E-state index contributed by atoms with van der Waals surface area (Å²) in [6.07, 6.45) is -0.0524. The van der Waals surface area contributed by atoms with Crippen molar-refractivity contribution < 1.29 is 36.8 Å². The van der Waals surface area contributed by atoms with Crippen LogP contribution in [0.15, 0.2) is 22.2 Å². The average Bonchev–Trinajstić information content (AvgIpc) is 2.97. The van der Waals surface area contributed by atoms with Crippen molar-refractivity contribution in [2.45, 2.75) is 52.7 Å². The second-order valence-corrected chi connectivity index (χ2v) is 9.92. The van der Waals surface area contributed by atoms with Gasteiger partial charge in [0.2, 0.25) is 5.72 Å². The monoisotopic (exact) mass is 518 g/mol. The van der Waals surface area contributed by atoms with Gasteiger partial charge in [0.25, 0.3) is 10.1 Å². The molecule has 196 valence electrons. The molecule has 15 nitrogen and oxygen atoms in total. The summed E-state index contributed by atoms with van der Waals surface area (Å²) in [5.41, 5.74) is 12.1. The summed E-state index contributed by atoms with van der Waals surface area (Å²) in [7, 11) is -3.67. The van der Waals surface area contributed by atoms with E-state index in [0.717, 1.165) is 4.57 Å². The van der Waals surface area contributed by atoms with Crippen LogP contribution in [-0.4, -0.2) is 59.2 Å². The zero-order chi connectivity index (χ0) is 27.1. The normalized spacial score (nSPS) is 23.7. The minimum absolute atomic E-state index is 0.0249. The van der Waals surface area contributed by atoms with Crippen molar-refractivity contribution in [3.05, 3.63) is 33.2 Å². The number of carbonyl (C=O) groups is 2. The zero-order valence-electron chi connectivity index (χ0n) is 20.2. The van der Waals surface area contributed by atoms with Crippen molar-refractivity contribution in [1.29, 1.82) is 0 Å². The van der Waals surface area contributed by atoms with Gasteiger partial charge in [-0.25, -0.2) is 4.79 Å². The van der Waals surface area contributed by atoms with E-state index < -0.39 is 70.2 Å². The summed E-state index contributed by atoms with van der Waals surface area (Å²) < 4.78 is 43.8. The molecule has 1 aliphatic heterocycles. The van der Waals surface area contributed by atoms with E-state index in [0.29, 0.717) is 6.26 Å². The van der Waals surface area contributed by atoms with Gasteiger partial charge in [-0.3, -0.25) is 18.7 Å². The van der Waals surface area contributed by atoms with Crippen LogP contribution in [0.5, 0.6) is 0 Å². The van der Waals surface area contributed by atoms with Gasteiger partial charge >= 0.3 is 17.6 Å². The summed E-state index contributed by atoms with van der Waals surface area (Å²) in [6, 6.07) is 1.40. The Morgan fingerprint density at radius 1 is 1.34 bits per heavy atom. The molecular formula is C19H30N6O9S. The lowest BCUT2D eigenvalue weighted by Crippen LogP contribution is -2.47. The molecule has 0 unspecified atom stereocenters. The molecule has 1 aromatic rings. The third-order valence-electron chi connectivity index (χ3n) is 4.64. The highest BCUT2D eigenvalue weighted by atomic mass is 32.2. The molecule has 3 N–H and O–H groups in total. The fourth-order valence-corrected chi connectivity index (χ4v) is 2.98. The van der Waals surface area contributed by atoms with Crippen LogP contribution < -0.4 is 11.4 Å². The molecule has 4 atom stereocenters. The minimum atomic E-state index is -3.67. The van der Waals surface area contributed by atoms with Crippen LogP contribution in [-0.2, 0) is 33.9 Å². The molecule has 0 amide bonds. The smallest absolute Gasteiger partial charge is 0.351 e. The predicted molar refractivity (Wildman–Crippen MR) is 122 cm³/mol. The van der Waals surface area contributed by atoms with Gasteiger partial charge in [0, 0.05) is 17.0 Å². The first-order valence-electron chi connectivity index (χ1n) is 10.4. The van der Waals surface area contributed by atoms with E-state index in [1.165, 1.54) is 12.3 Å². The zero-order valence-corrected chi connectivity index (χ0v) is 21.0. The molecule has 1 aromatic heterocycles. The van der Waals surface area contributed by atoms with Crippen LogP contribution in [0.1, 0.15) is 40.8 Å². The summed E-state index contributed by atoms with van der Waals surface area (Å²) >= 11 is 0. The quantitative estimate of drug-likeness (QED) is 0.172. The Kier molecular flexibility index (Phi) is 10.2. The van der Waals surface area contributed by atoms with Gasteiger partial charge in [-0.05, 0) is 11.6 Å². The van der Waals surface area contributed by atoms with E-state index >= 15 is 0 Å². The fourth-order valence-electron chi connectivity index (χ4n) is 2.98. The number of nitrogen functional groups attached to an aromatic ring is 1. The van der Waals surface area contributed by atoms with Gasteiger partial charge < -0.3 is 19.9 Å². The summed E-state index contributed by atoms with van der Waals surface area (Å²) in [5.74, 6) is -2.66. The second kappa shape index (κ2) is 12.0. The van der Waals surface area contributed by atoms with E-state index in [4.69, 9.17) is 30.0 Å². The molecule has 0 saturated carbocycles. The van der Waals surface area contributed by atoms with Crippen molar-refractivity contribution in [3.8, 4) is 0 Å². The number of aromatic nitrogens is 2. The molecule has 0 spiro atoms. The molecule has 1 aliphatic rings. The van der Waals surface area contributed by atoms with Gasteiger partial charge in [-0.2, -0.15) is 13.4 Å². The number of carbonyl (C=O) groups excluding carboxylic acids is 2. The first-order valence-corrected chi connectivity index (χ1v) is 12.3. The van der Waals surface area contributed by atoms with Crippen LogP contribution in [0.25, 0.3) is 10.4 Å². The van der Waals surface area contributed by atoms with Crippen molar-refractivity contribution in [1.82, 2.24) is 9.55 Å². The van der Waals surface area contributed by atoms with Crippen molar-refractivity contribution in [2.75, 3.05) is 18.6 Å². The maximum atomic E-state index is 12.3. The van der Waals surface area contributed by atoms with Crippen LogP contribution in [0.3, 0.4) is 0 Å². The number of esters is 2. The van der Waals surface area contributed by atoms with Crippen molar-refractivity contribution in [3.63, 3.8) is 0 Å². The topological polar surface area (TPSA) is 226 Å². The van der Waals surface area contributed by atoms with E-state index in [9.17, 15) is 22.8 Å². The summed E-state index contributed by atoms with van der Waals surface area (Å²) in [4.78, 5) is 43.1. The Bertz CT molecular complexity index is 1120. The molecule has 2 heterocycles. The Morgan fingerprint density at radius 3 is 2.34 bits per heavy atom. The third kappa shape index (κ3) is 8.51. The third-order valence-corrected chi connectivity index (χ3v) is 4.64. The Labute approximate surface area is 201 Å². The summed E-state index contributed by atoms with van der Waals surface area (Å²) in [6.45, 7) is 7.72. The van der Waals surface area contributed by atoms with E-state index in [1.54, 1.807) is 34.6 Å². The molecule has 1 fully saturated rings. The number of hydrogen-bond acceptors (Lipinski definition) is 11. The molecule has 16 heteroatoms. The number of ether oxygens (including phenoxy) is 3. The maximum Gasteiger partial charge on any atom is 0.351 e. The number of anilines is 1. The average molecular weight is 519 g/mol. The highest BCUT2D eigenvalue weighted by molar-refractivity contribution is 7.85. The Hall–Kier alpha value is -3.20. The number of azide groups is 1. The van der Waals surface area contributed by atoms with Crippen LogP contribution in [0, 0.1) is 17.8 Å². The number of nitrogens with zero attached hydrogens (tertiary/aromatic N) is 5. The highest BCUT2D eigenvalue weighted by Gasteiger charge is 2.57. The van der Waals surface area contributed by atoms with Gasteiger partial charge in [0.15, 0.2) is 0 Å². The molecule has 0 bridgehead atoms.